The Hall–Kier alpha value is -1.73. The Balaban J connectivity index is 3.26. The van der Waals surface area contributed by atoms with E-state index < -0.39 is 33.9 Å². The van der Waals surface area contributed by atoms with Gasteiger partial charge >= 0.3 is 11.7 Å². The van der Waals surface area contributed by atoms with E-state index in [0.717, 1.165) is 6.07 Å². The van der Waals surface area contributed by atoms with Crippen LogP contribution in [-0.4, -0.2) is 26.8 Å². The highest BCUT2D eigenvalue weighted by atomic mass is 35.5. The van der Waals surface area contributed by atoms with Crippen LogP contribution in [0.4, 0.5) is 5.69 Å². The molecule has 0 bridgehead atoms. The van der Waals surface area contributed by atoms with Crippen molar-refractivity contribution >= 4 is 40.6 Å². The molecular weight excluding hydrogens is 275 g/mol. The summed E-state index contributed by atoms with van der Waals surface area (Å²) >= 11 is 11.0. The average molecular weight is 279 g/mol. The second-order valence-corrected chi connectivity index (χ2v) is 3.65. The zero-order chi connectivity index (χ0) is 13.2. The van der Waals surface area contributed by atoms with Crippen LogP contribution in [0, 0.1) is 10.1 Å². The van der Waals surface area contributed by atoms with Crippen LogP contribution in [0.5, 0.6) is 0 Å². The van der Waals surface area contributed by atoms with Crippen molar-refractivity contribution in [3.8, 4) is 0 Å². The Morgan fingerprint density at radius 3 is 2.53 bits per heavy atom. The lowest BCUT2D eigenvalue weighted by Gasteiger charge is -2.02. The van der Waals surface area contributed by atoms with E-state index in [9.17, 15) is 19.7 Å². The summed E-state index contributed by atoms with van der Waals surface area (Å²) in [6, 6.07) is 1.03. The molecule has 0 amide bonds. The number of carbonyl (C=O) groups excluding carboxylic acids is 1. The van der Waals surface area contributed by atoms with Gasteiger partial charge in [0.2, 0.25) is 10.9 Å². The van der Waals surface area contributed by atoms with Crippen LogP contribution in [0.15, 0.2) is 6.07 Å². The van der Waals surface area contributed by atoms with Crippen molar-refractivity contribution in [2.45, 2.75) is 6.42 Å². The number of nitro groups is 1. The Morgan fingerprint density at radius 2 is 2.06 bits per heavy atom. The number of nitrogens with zero attached hydrogens (tertiary/aromatic N) is 2. The highest BCUT2D eigenvalue weighted by molar-refractivity contribution is 6.35. The van der Waals surface area contributed by atoms with Gasteiger partial charge in [-0.1, -0.05) is 23.2 Å². The van der Waals surface area contributed by atoms with Crippen LogP contribution in [0.25, 0.3) is 0 Å². The summed E-state index contributed by atoms with van der Waals surface area (Å²) in [4.78, 5) is 34.6. The van der Waals surface area contributed by atoms with Crippen molar-refractivity contribution in [2.75, 3.05) is 0 Å². The average Bonchev–Trinajstić information content (AvgIpc) is 2.14. The predicted octanol–water partition coefficient (Wildman–Crippen LogP) is 1.49. The number of pyridine rings is 1. The molecule has 0 saturated heterocycles. The largest absolute Gasteiger partial charge is 0.475 e. The van der Waals surface area contributed by atoms with E-state index in [0.29, 0.717) is 0 Å². The van der Waals surface area contributed by atoms with E-state index in [4.69, 9.17) is 28.3 Å². The van der Waals surface area contributed by atoms with Gasteiger partial charge in [0, 0.05) is 5.56 Å². The fourth-order valence-electron chi connectivity index (χ4n) is 1.10. The number of aromatic nitrogens is 1. The van der Waals surface area contributed by atoms with E-state index in [2.05, 4.69) is 4.98 Å². The maximum atomic E-state index is 11.0. The molecule has 0 atom stereocenters. The Kier molecular flexibility index (Phi) is 3.97. The Labute approximate surface area is 104 Å². The number of Topliss-reactive ketones (excluding diaryl/α,β-unsaturated/α-hetero) is 1. The lowest BCUT2D eigenvalue weighted by atomic mass is 10.1. The molecular formula is C8H4Cl2N2O5. The molecule has 0 aromatic carbocycles. The number of aliphatic carboxylic acids is 1. The zero-order valence-electron chi connectivity index (χ0n) is 8.02. The molecule has 1 rings (SSSR count). The second kappa shape index (κ2) is 5.07. The van der Waals surface area contributed by atoms with E-state index in [1.165, 1.54) is 0 Å². The van der Waals surface area contributed by atoms with Crippen LogP contribution in [0.2, 0.25) is 10.3 Å². The number of hydrogen-bond acceptors (Lipinski definition) is 5. The van der Waals surface area contributed by atoms with E-state index in [1.54, 1.807) is 0 Å². The van der Waals surface area contributed by atoms with E-state index in [1.807, 2.05) is 0 Å². The molecule has 0 fully saturated rings. The molecule has 1 N–H and O–H groups in total. The third kappa shape index (κ3) is 3.11. The Bertz CT molecular complexity index is 517. The summed E-state index contributed by atoms with van der Waals surface area (Å²) < 4.78 is 0. The normalized spacial score (nSPS) is 10.0. The molecule has 7 nitrogen and oxygen atoms in total. The molecule has 0 saturated carbocycles. The van der Waals surface area contributed by atoms with Gasteiger partial charge in [-0.05, 0) is 6.07 Å². The Morgan fingerprint density at radius 1 is 1.47 bits per heavy atom. The molecule has 90 valence electrons. The first-order valence-corrected chi connectivity index (χ1v) is 4.84. The summed E-state index contributed by atoms with van der Waals surface area (Å²) in [6.45, 7) is 0. The van der Waals surface area contributed by atoms with Gasteiger partial charge in [0.1, 0.15) is 5.15 Å². The van der Waals surface area contributed by atoms with Crippen molar-refractivity contribution < 1.29 is 19.6 Å². The topological polar surface area (TPSA) is 110 Å². The first-order chi connectivity index (χ1) is 7.82. The van der Waals surface area contributed by atoms with Crippen molar-refractivity contribution in [1.29, 1.82) is 0 Å². The number of rotatable bonds is 4. The van der Waals surface area contributed by atoms with Gasteiger partial charge in [0.15, 0.2) is 0 Å². The molecule has 0 radical (unpaired) electrons. The van der Waals surface area contributed by atoms with E-state index in [-0.39, 0.29) is 10.7 Å². The monoisotopic (exact) mass is 278 g/mol. The zero-order valence-corrected chi connectivity index (χ0v) is 9.53. The molecule has 0 unspecified atom stereocenters. The molecule has 0 aliphatic carbocycles. The summed E-state index contributed by atoms with van der Waals surface area (Å²) in [7, 11) is 0. The number of halogens is 2. The molecule has 17 heavy (non-hydrogen) atoms. The molecule has 1 heterocycles. The SMILES string of the molecule is O=C(O)C(=O)Cc1cc(Cl)nc(Cl)c1[N+](=O)[O-]. The predicted molar refractivity (Wildman–Crippen MR) is 57.3 cm³/mol. The van der Waals surface area contributed by atoms with Crippen molar-refractivity contribution in [2.24, 2.45) is 0 Å². The minimum absolute atomic E-state index is 0.159. The van der Waals surface area contributed by atoms with Crippen LogP contribution < -0.4 is 0 Å². The van der Waals surface area contributed by atoms with Gasteiger partial charge in [0.25, 0.3) is 0 Å². The summed E-state index contributed by atoms with van der Waals surface area (Å²) in [5.41, 5.74) is -0.807. The van der Waals surface area contributed by atoms with E-state index >= 15 is 0 Å². The quantitative estimate of drug-likeness (QED) is 0.387. The highest BCUT2D eigenvalue weighted by Crippen LogP contribution is 2.29. The fraction of sp³-hybridized carbons (Fsp3) is 0.125. The van der Waals surface area contributed by atoms with Gasteiger partial charge in [-0.2, -0.15) is 0 Å². The first kappa shape index (κ1) is 13.3. The van der Waals surface area contributed by atoms with Gasteiger partial charge in [-0.15, -0.1) is 0 Å². The minimum Gasteiger partial charge on any atom is -0.475 e. The molecule has 1 aromatic rings. The number of ketones is 1. The third-order valence-corrected chi connectivity index (χ3v) is 2.23. The molecule has 0 aliphatic rings. The molecule has 0 spiro atoms. The van der Waals surface area contributed by atoms with Crippen molar-refractivity contribution in [3.63, 3.8) is 0 Å². The minimum atomic E-state index is -1.69. The number of carboxylic acid groups (broad SMARTS) is 1. The number of carboxylic acids is 1. The van der Waals surface area contributed by atoms with Crippen molar-refractivity contribution in [3.05, 3.63) is 32.1 Å². The standard InChI is InChI=1S/C8H4Cl2N2O5/c9-5-2-3(1-4(13)8(14)15)6(12(16)17)7(10)11-5/h2H,1H2,(H,14,15). The van der Waals surface area contributed by atoms with Gasteiger partial charge in [0.05, 0.1) is 11.3 Å². The van der Waals surface area contributed by atoms with Gasteiger partial charge in [-0.25, -0.2) is 9.78 Å². The summed E-state index contributed by atoms with van der Waals surface area (Å²) in [5.74, 6) is -2.89. The van der Waals surface area contributed by atoms with Crippen molar-refractivity contribution in [1.82, 2.24) is 4.98 Å². The maximum absolute atomic E-state index is 11.0. The third-order valence-electron chi connectivity index (χ3n) is 1.77. The van der Waals surface area contributed by atoms with Crippen LogP contribution in [0.3, 0.4) is 0 Å². The molecule has 9 heteroatoms. The number of carbonyl (C=O) groups is 2. The van der Waals surface area contributed by atoms with Crippen LogP contribution >= 0.6 is 23.2 Å². The first-order valence-electron chi connectivity index (χ1n) is 4.08. The lowest BCUT2D eigenvalue weighted by molar-refractivity contribution is -0.385. The summed E-state index contributed by atoms with van der Waals surface area (Å²) in [5, 5.41) is 18.4. The lowest BCUT2D eigenvalue weighted by Crippen LogP contribution is -2.16. The second-order valence-electron chi connectivity index (χ2n) is 2.91. The van der Waals surface area contributed by atoms with Crippen LogP contribution in [0.1, 0.15) is 5.56 Å². The van der Waals surface area contributed by atoms with Gasteiger partial charge in [-0.3, -0.25) is 14.9 Å². The number of hydrogen-bond donors (Lipinski definition) is 1. The van der Waals surface area contributed by atoms with Gasteiger partial charge < -0.3 is 5.11 Å². The highest BCUT2D eigenvalue weighted by Gasteiger charge is 2.25. The fourth-order valence-corrected chi connectivity index (χ4v) is 1.64. The van der Waals surface area contributed by atoms with Crippen LogP contribution in [-0.2, 0) is 16.0 Å². The summed E-state index contributed by atoms with van der Waals surface area (Å²) in [6.07, 6.45) is -0.673. The maximum Gasteiger partial charge on any atom is 0.372 e. The molecule has 1 aromatic heterocycles. The molecule has 0 aliphatic heterocycles. The smallest absolute Gasteiger partial charge is 0.372 e.